The molecule has 1 heterocycles. The Bertz CT molecular complexity index is 735. The number of pyridine rings is 1. The average molecular weight is 293 g/mol. The molecule has 1 aromatic carbocycles. The number of aromatic nitrogens is 1. The number of nitrogens with zero attached hydrogens (tertiary/aromatic N) is 2. The third-order valence-corrected chi connectivity index (χ3v) is 2.65. The van der Waals surface area contributed by atoms with Gasteiger partial charge in [0.05, 0.1) is 4.92 Å². The number of aryl methyl sites for hydroxylation is 1. The molecule has 0 atom stereocenters. The zero-order valence-corrected chi connectivity index (χ0v) is 10.8. The third-order valence-electron chi connectivity index (χ3n) is 2.65. The van der Waals surface area contributed by atoms with E-state index in [1.54, 1.807) is 6.92 Å². The van der Waals surface area contributed by atoms with Crippen molar-refractivity contribution >= 4 is 17.3 Å². The van der Waals surface area contributed by atoms with Gasteiger partial charge in [0.25, 0.3) is 5.91 Å². The maximum atomic E-state index is 13.9. The highest BCUT2D eigenvalue weighted by Crippen LogP contribution is 2.24. The van der Waals surface area contributed by atoms with Crippen molar-refractivity contribution in [2.24, 2.45) is 0 Å². The lowest BCUT2D eigenvalue weighted by Crippen LogP contribution is -2.17. The number of amides is 1. The molecule has 8 heteroatoms. The Morgan fingerprint density at radius 2 is 2.05 bits per heavy atom. The predicted octanol–water partition coefficient (Wildman–Crippen LogP) is 2.83. The second kappa shape index (κ2) is 5.61. The molecule has 2 aromatic rings. The van der Waals surface area contributed by atoms with E-state index in [4.69, 9.17) is 0 Å². The highest BCUT2D eigenvalue weighted by atomic mass is 19.1. The van der Waals surface area contributed by atoms with Gasteiger partial charge in [-0.05, 0) is 25.1 Å². The second-order valence-corrected chi connectivity index (χ2v) is 4.15. The van der Waals surface area contributed by atoms with E-state index in [1.165, 1.54) is 18.3 Å². The number of carbonyl (C=O) groups excluding carboxylic acids is 1. The number of anilines is 1. The summed E-state index contributed by atoms with van der Waals surface area (Å²) >= 11 is 0. The summed E-state index contributed by atoms with van der Waals surface area (Å²) in [6.45, 7) is 1.67. The first-order valence-electron chi connectivity index (χ1n) is 5.76. The fourth-order valence-corrected chi connectivity index (χ4v) is 1.71. The van der Waals surface area contributed by atoms with Gasteiger partial charge in [-0.2, -0.15) is 4.39 Å². The van der Waals surface area contributed by atoms with Crippen molar-refractivity contribution in [1.82, 2.24) is 4.98 Å². The number of hydrogen-bond donors (Lipinski definition) is 1. The van der Waals surface area contributed by atoms with Crippen LogP contribution in [-0.4, -0.2) is 15.8 Å². The summed E-state index contributed by atoms with van der Waals surface area (Å²) in [7, 11) is 0. The van der Waals surface area contributed by atoms with Crippen molar-refractivity contribution in [2.75, 3.05) is 5.32 Å². The van der Waals surface area contributed by atoms with Gasteiger partial charge in [-0.3, -0.25) is 19.9 Å². The number of rotatable bonds is 3. The van der Waals surface area contributed by atoms with Crippen LogP contribution in [0.25, 0.3) is 0 Å². The molecular weight excluding hydrogens is 284 g/mol. The van der Waals surface area contributed by atoms with Gasteiger partial charge in [-0.25, -0.2) is 4.39 Å². The molecule has 1 N–H and O–H groups in total. The first kappa shape index (κ1) is 14.5. The molecule has 0 unspecified atom stereocenters. The van der Waals surface area contributed by atoms with Gasteiger partial charge in [0, 0.05) is 23.6 Å². The van der Waals surface area contributed by atoms with Crippen LogP contribution in [0, 0.1) is 28.7 Å². The number of nitro benzene ring substituents is 1. The van der Waals surface area contributed by atoms with Crippen LogP contribution in [0.1, 0.15) is 16.1 Å². The SMILES string of the molecule is Cc1cc(NC(=O)c2c(F)ccc([N+](=O)[O-])c2F)ccn1. The summed E-state index contributed by atoms with van der Waals surface area (Å²) in [5.74, 6) is -3.80. The maximum absolute atomic E-state index is 13.9. The molecule has 0 aliphatic carbocycles. The highest BCUT2D eigenvalue weighted by Gasteiger charge is 2.26. The average Bonchev–Trinajstić information content (AvgIpc) is 2.38. The Hall–Kier alpha value is -2.90. The van der Waals surface area contributed by atoms with Gasteiger partial charge < -0.3 is 5.32 Å². The van der Waals surface area contributed by atoms with E-state index < -0.39 is 33.7 Å². The molecule has 0 aliphatic rings. The van der Waals surface area contributed by atoms with Crippen LogP contribution in [0.4, 0.5) is 20.2 Å². The molecule has 0 saturated carbocycles. The number of nitrogens with one attached hydrogen (secondary N) is 1. The fourth-order valence-electron chi connectivity index (χ4n) is 1.71. The molecular formula is C13H9F2N3O3. The number of nitro groups is 1. The molecule has 0 bridgehead atoms. The Balaban J connectivity index is 2.39. The summed E-state index contributed by atoms with van der Waals surface area (Å²) in [5, 5.41) is 12.9. The summed E-state index contributed by atoms with van der Waals surface area (Å²) in [4.78, 5) is 25.4. The van der Waals surface area contributed by atoms with Crippen molar-refractivity contribution in [2.45, 2.75) is 6.92 Å². The van der Waals surface area contributed by atoms with E-state index in [1.807, 2.05) is 0 Å². The molecule has 1 aromatic heterocycles. The second-order valence-electron chi connectivity index (χ2n) is 4.15. The molecule has 0 aliphatic heterocycles. The van der Waals surface area contributed by atoms with Gasteiger partial charge in [0.2, 0.25) is 5.82 Å². The van der Waals surface area contributed by atoms with Crippen molar-refractivity contribution in [3.05, 3.63) is 63.5 Å². The van der Waals surface area contributed by atoms with Crippen LogP contribution in [0.2, 0.25) is 0 Å². The molecule has 0 radical (unpaired) electrons. The lowest BCUT2D eigenvalue weighted by atomic mass is 10.1. The van der Waals surface area contributed by atoms with Crippen molar-refractivity contribution in [1.29, 1.82) is 0 Å². The zero-order chi connectivity index (χ0) is 15.6. The zero-order valence-electron chi connectivity index (χ0n) is 10.8. The van der Waals surface area contributed by atoms with Crippen molar-refractivity contribution < 1.29 is 18.5 Å². The van der Waals surface area contributed by atoms with Crippen LogP contribution in [0.5, 0.6) is 0 Å². The number of benzene rings is 1. The van der Waals surface area contributed by atoms with Crippen molar-refractivity contribution in [3.63, 3.8) is 0 Å². The first-order valence-corrected chi connectivity index (χ1v) is 5.76. The third kappa shape index (κ3) is 2.99. The Morgan fingerprint density at radius 3 is 2.67 bits per heavy atom. The van der Waals surface area contributed by atoms with Gasteiger partial charge in [0.15, 0.2) is 0 Å². The quantitative estimate of drug-likeness (QED) is 0.696. The monoisotopic (exact) mass is 293 g/mol. The minimum atomic E-state index is -1.51. The molecule has 21 heavy (non-hydrogen) atoms. The minimum Gasteiger partial charge on any atom is -0.322 e. The summed E-state index contributed by atoms with van der Waals surface area (Å²) in [5.41, 5.74) is -1.10. The Morgan fingerprint density at radius 1 is 1.33 bits per heavy atom. The lowest BCUT2D eigenvalue weighted by molar-refractivity contribution is -0.387. The number of hydrogen-bond acceptors (Lipinski definition) is 4. The van der Waals surface area contributed by atoms with E-state index in [0.717, 1.165) is 0 Å². The van der Waals surface area contributed by atoms with Gasteiger partial charge >= 0.3 is 5.69 Å². The maximum Gasteiger partial charge on any atom is 0.305 e. The van der Waals surface area contributed by atoms with Crippen molar-refractivity contribution in [3.8, 4) is 0 Å². The molecule has 1 amide bonds. The van der Waals surface area contributed by atoms with Crippen LogP contribution < -0.4 is 5.32 Å². The van der Waals surface area contributed by atoms with Crippen LogP contribution in [0.15, 0.2) is 30.5 Å². The summed E-state index contributed by atoms with van der Waals surface area (Å²) in [6, 6.07) is 4.26. The molecule has 0 spiro atoms. The number of halogens is 2. The smallest absolute Gasteiger partial charge is 0.305 e. The Labute approximate surface area is 117 Å². The number of carbonyl (C=O) groups is 1. The normalized spacial score (nSPS) is 10.2. The van der Waals surface area contributed by atoms with E-state index in [9.17, 15) is 23.7 Å². The van der Waals surface area contributed by atoms with Gasteiger partial charge in [-0.15, -0.1) is 0 Å². The van der Waals surface area contributed by atoms with Gasteiger partial charge in [-0.1, -0.05) is 0 Å². The summed E-state index contributed by atoms with van der Waals surface area (Å²) in [6.07, 6.45) is 1.41. The van der Waals surface area contributed by atoms with E-state index >= 15 is 0 Å². The standard InChI is InChI=1S/C13H9F2N3O3/c1-7-6-8(4-5-16-7)17-13(19)11-9(14)2-3-10(12(11)15)18(20)21/h2-6H,1H3,(H,16,17,19). The van der Waals surface area contributed by atoms with E-state index in [-0.39, 0.29) is 5.69 Å². The fraction of sp³-hybridized carbons (Fsp3) is 0.0769. The highest BCUT2D eigenvalue weighted by molar-refractivity contribution is 6.05. The molecule has 6 nitrogen and oxygen atoms in total. The van der Waals surface area contributed by atoms with Crippen LogP contribution in [0.3, 0.4) is 0 Å². The summed E-state index contributed by atoms with van der Waals surface area (Å²) < 4.78 is 27.5. The molecule has 0 saturated heterocycles. The van der Waals surface area contributed by atoms with Crippen LogP contribution in [-0.2, 0) is 0 Å². The topological polar surface area (TPSA) is 85.1 Å². The molecule has 108 valence electrons. The van der Waals surface area contributed by atoms with E-state index in [0.29, 0.717) is 17.8 Å². The molecule has 0 fully saturated rings. The van der Waals surface area contributed by atoms with Gasteiger partial charge in [0.1, 0.15) is 11.4 Å². The van der Waals surface area contributed by atoms with Crippen LogP contribution >= 0.6 is 0 Å². The largest absolute Gasteiger partial charge is 0.322 e. The predicted molar refractivity (Wildman–Crippen MR) is 69.9 cm³/mol. The minimum absolute atomic E-state index is 0.276. The lowest BCUT2D eigenvalue weighted by Gasteiger charge is -2.07. The first-order chi connectivity index (χ1) is 9.90. The molecule has 2 rings (SSSR count). The Kier molecular flexibility index (Phi) is 3.88. The van der Waals surface area contributed by atoms with E-state index in [2.05, 4.69) is 10.3 Å².